The lowest BCUT2D eigenvalue weighted by molar-refractivity contribution is -0.137. The molecule has 0 saturated carbocycles. The minimum Gasteiger partial charge on any atom is -0.439 e. The molecule has 0 aliphatic carbocycles. The van der Waals surface area contributed by atoms with Gasteiger partial charge in [-0.2, -0.15) is 18.2 Å². The van der Waals surface area contributed by atoms with Crippen LogP contribution in [0, 0.1) is 5.82 Å². The highest BCUT2D eigenvalue weighted by molar-refractivity contribution is 7.82. The van der Waals surface area contributed by atoms with Gasteiger partial charge in [-0.1, -0.05) is 19.9 Å². The van der Waals surface area contributed by atoms with Gasteiger partial charge in [0, 0.05) is 32.2 Å². The first-order valence-electron chi connectivity index (χ1n) is 11.0. The first-order chi connectivity index (χ1) is 16.6. The maximum Gasteiger partial charge on any atom is 0.416 e. The maximum absolute atomic E-state index is 13.2. The molecule has 0 amide bonds. The number of hydrogen-bond acceptors (Lipinski definition) is 5. The second-order valence-electron chi connectivity index (χ2n) is 8.33. The Bertz CT molecular complexity index is 1200. The minimum atomic E-state index is -4.49. The summed E-state index contributed by atoms with van der Waals surface area (Å²) in [7, 11) is -1.72. The summed E-state index contributed by atoms with van der Waals surface area (Å²) >= 11 is 0. The van der Waals surface area contributed by atoms with Crippen LogP contribution in [0.25, 0.3) is 0 Å². The number of halogens is 4. The summed E-state index contributed by atoms with van der Waals surface area (Å²) in [5.74, 6) is 0.927. The highest BCUT2D eigenvalue weighted by Crippen LogP contribution is 2.31. The maximum atomic E-state index is 13.2. The topological polar surface area (TPSA) is 58.6 Å². The van der Waals surface area contributed by atoms with Gasteiger partial charge in [0.15, 0.2) is 0 Å². The lowest BCUT2D eigenvalue weighted by Gasteiger charge is -2.34. The molecule has 3 aromatic rings. The largest absolute Gasteiger partial charge is 0.439 e. The number of aromatic nitrogens is 2. The third-order valence-corrected chi connectivity index (χ3v) is 6.95. The Hall–Kier alpha value is -3.05. The summed E-state index contributed by atoms with van der Waals surface area (Å²) in [5.41, 5.74) is -0.0587. The molecule has 0 bridgehead atoms. The van der Waals surface area contributed by atoms with Crippen molar-refractivity contribution in [2.24, 2.45) is 0 Å². The van der Waals surface area contributed by atoms with Crippen LogP contribution in [0.5, 0.6) is 11.6 Å². The smallest absolute Gasteiger partial charge is 0.416 e. The number of anilines is 1. The van der Waals surface area contributed by atoms with E-state index in [1.54, 1.807) is 10.4 Å². The van der Waals surface area contributed by atoms with Gasteiger partial charge >= 0.3 is 6.18 Å². The molecule has 4 rings (SSSR count). The van der Waals surface area contributed by atoms with E-state index in [0.29, 0.717) is 43.8 Å². The highest BCUT2D eigenvalue weighted by atomic mass is 32.2. The molecule has 2 heterocycles. The van der Waals surface area contributed by atoms with Crippen LogP contribution in [-0.4, -0.2) is 44.7 Å². The molecule has 1 aliphatic heterocycles. The molecule has 11 heteroatoms. The summed E-state index contributed by atoms with van der Waals surface area (Å²) in [4.78, 5) is 11.2. The zero-order valence-corrected chi connectivity index (χ0v) is 19.9. The minimum absolute atomic E-state index is 0.0991. The van der Waals surface area contributed by atoms with Crippen molar-refractivity contribution in [1.82, 2.24) is 14.3 Å². The Kier molecular flexibility index (Phi) is 7.36. The Morgan fingerprint density at radius 3 is 2.29 bits per heavy atom. The fourth-order valence-electron chi connectivity index (χ4n) is 3.53. The molecular formula is C24H24F4N4O2S. The van der Waals surface area contributed by atoms with E-state index in [-0.39, 0.29) is 16.6 Å². The van der Waals surface area contributed by atoms with Gasteiger partial charge in [0.2, 0.25) is 11.8 Å². The van der Waals surface area contributed by atoms with Crippen LogP contribution >= 0.6 is 0 Å². The molecule has 2 aromatic carbocycles. The van der Waals surface area contributed by atoms with Crippen molar-refractivity contribution in [3.8, 4) is 11.6 Å². The molecule has 1 fully saturated rings. The number of nitrogens with zero attached hydrogens (tertiary/aromatic N) is 4. The summed E-state index contributed by atoms with van der Waals surface area (Å²) in [5, 5.41) is 0. The summed E-state index contributed by atoms with van der Waals surface area (Å²) < 4.78 is 72.7. The summed E-state index contributed by atoms with van der Waals surface area (Å²) in [6.07, 6.45) is -4.49. The number of benzene rings is 2. The van der Waals surface area contributed by atoms with E-state index in [1.165, 1.54) is 36.4 Å². The molecule has 0 N–H and O–H groups in total. The van der Waals surface area contributed by atoms with Crippen LogP contribution in [0.2, 0.25) is 0 Å². The molecule has 0 spiro atoms. The standard InChI is InChI=1S/C24H24F4N4O2S/c1-16(2)21-15-22(34-19-8-6-18(25)7-9-19)30-23(29-21)31-10-12-32(13-11-31)35(33)20-5-3-4-17(14-20)24(26,27)28/h3-9,14-16H,10-13H2,1-2H3. The number of rotatable bonds is 6. The van der Waals surface area contributed by atoms with Crippen molar-refractivity contribution in [2.45, 2.75) is 30.8 Å². The average molecular weight is 509 g/mol. The molecule has 186 valence electrons. The first-order valence-corrected chi connectivity index (χ1v) is 12.1. The molecule has 6 nitrogen and oxygen atoms in total. The molecule has 1 atom stereocenters. The van der Waals surface area contributed by atoms with Crippen LogP contribution < -0.4 is 9.64 Å². The third kappa shape index (κ3) is 6.15. The second-order valence-corrected chi connectivity index (χ2v) is 9.82. The zero-order valence-electron chi connectivity index (χ0n) is 19.1. The van der Waals surface area contributed by atoms with E-state index in [1.807, 2.05) is 18.7 Å². The van der Waals surface area contributed by atoms with Crippen molar-refractivity contribution in [3.05, 3.63) is 71.7 Å². The van der Waals surface area contributed by atoms with Gasteiger partial charge in [-0.25, -0.2) is 17.9 Å². The monoisotopic (exact) mass is 508 g/mol. The highest BCUT2D eigenvalue weighted by Gasteiger charge is 2.32. The SMILES string of the molecule is CC(C)c1cc(Oc2ccc(F)cc2)nc(N2CCN(S(=O)c3cccc(C(F)(F)F)c3)CC2)n1. The van der Waals surface area contributed by atoms with Gasteiger partial charge < -0.3 is 9.64 Å². The van der Waals surface area contributed by atoms with Gasteiger partial charge in [0.05, 0.1) is 16.2 Å². The van der Waals surface area contributed by atoms with Crippen molar-refractivity contribution in [1.29, 1.82) is 0 Å². The lowest BCUT2D eigenvalue weighted by Crippen LogP contribution is -2.47. The van der Waals surface area contributed by atoms with E-state index in [2.05, 4.69) is 9.97 Å². The Morgan fingerprint density at radius 2 is 1.66 bits per heavy atom. The summed E-state index contributed by atoms with van der Waals surface area (Å²) in [6.45, 7) is 5.55. The Morgan fingerprint density at radius 1 is 0.971 bits per heavy atom. The second kappa shape index (κ2) is 10.3. The van der Waals surface area contributed by atoms with Gasteiger partial charge in [-0.15, -0.1) is 0 Å². The predicted molar refractivity (Wildman–Crippen MR) is 124 cm³/mol. The van der Waals surface area contributed by atoms with E-state index in [9.17, 15) is 21.8 Å². The molecule has 0 radical (unpaired) electrons. The molecule has 35 heavy (non-hydrogen) atoms. The lowest BCUT2D eigenvalue weighted by atomic mass is 10.1. The van der Waals surface area contributed by atoms with Crippen LogP contribution in [0.1, 0.15) is 31.0 Å². The zero-order chi connectivity index (χ0) is 25.2. The number of piperazine rings is 1. The number of alkyl halides is 3. The fourth-order valence-corrected chi connectivity index (χ4v) is 4.74. The Balaban J connectivity index is 1.48. The van der Waals surface area contributed by atoms with Gasteiger partial charge in [-0.05, 0) is 48.4 Å². The predicted octanol–water partition coefficient (Wildman–Crippen LogP) is 5.40. The quantitative estimate of drug-likeness (QED) is 0.418. The van der Waals surface area contributed by atoms with Gasteiger partial charge in [0.1, 0.15) is 22.6 Å². The Labute approximate surface area is 203 Å². The molecule has 1 aliphatic rings. The average Bonchev–Trinajstić information content (AvgIpc) is 2.84. The third-order valence-electron chi connectivity index (χ3n) is 5.46. The number of hydrogen-bond donors (Lipinski definition) is 0. The van der Waals surface area contributed by atoms with Crippen LogP contribution in [0.4, 0.5) is 23.5 Å². The van der Waals surface area contributed by atoms with Gasteiger partial charge in [-0.3, -0.25) is 0 Å². The number of ether oxygens (including phenoxy) is 1. The molecular weight excluding hydrogens is 484 g/mol. The first kappa shape index (κ1) is 25.1. The van der Waals surface area contributed by atoms with Crippen LogP contribution in [0.3, 0.4) is 0 Å². The molecule has 1 saturated heterocycles. The molecule has 1 unspecified atom stereocenters. The van der Waals surface area contributed by atoms with Crippen LogP contribution in [-0.2, 0) is 17.2 Å². The molecule has 1 aromatic heterocycles. The van der Waals surface area contributed by atoms with Crippen molar-refractivity contribution < 1.29 is 26.5 Å². The summed E-state index contributed by atoms with van der Waals surface area (Å²) in [6, 6.07) is 11.9. The van der Waals surface area contributed by atoms with E-state index >= 15 is 0 Å². The van der Waals surface area contributed by atoms with E-state index in [0.717, 1.165) is 17.8 Å². The van der Waals surface area contributed by atoms with Gasteiger partial charge in [0.25, 0.3) is 0 Å². The van der Waals surface area contributed by atoms with E-state index < -0.39 is 22.7 Å². The normalized spacial score (nSPS) is 15.9. The van der Waals surface area contributed by atoms with Crippen molar-refractivity contribution >= 4 is 16.9 Å². The van der Waals surface area contributed by atoms with Crippen LogP contribution in [0.15, 0.2) is 59.5 Å². The fraction of sp³-hybridized carbons (Fsp3) is 0.333. The van der Waals surface area contributed by atoms with Crippen molar-refractivity contribution in [3.63, 3.8) is 0 Å². The van der Waals surface area contributed by atoms with E-state index in [4.69, 9.17) is 4.74 Å². The van der Waals surface area contributed by atoms with Crippen molar-refractivity contribution in [2.75, 3.05) is 31.1 Å².